The van der Waals surface area contributed by atoms with Crippen molar-refractivity contribution in [1.29, 1.82) is 0 Å². The van der Waals surface area contributed by atoms with Crippen LogP contribution in [-0.2, 0) is 9.47 Å². The third-order valence-corrected chi connectivity index (χ3v) is 22.3. The van der Waals surface area contributed by atoms with Crippen LogP contribution in [0.5, 0.6) is 0 Å². The third kappa shape index (κ3) is 7.02. The Morgan fingerprint density at radius 1 is 1.00 bits per heavy atom. The topological polar surface area (TPSA) is 38.8 Å². The molecular weight excluding hydrogens is 526 g/mol. The average Bonchev–Trinajstić information content (AvgIpc) is 3.11. The number of amides is 1. The molecule has 32 heavy (non-hydrogen) atoms. The SMILES string of the molecule is CCC[CH2][Sn]([CH2]CCC)([CH2]CCC)[C@@H]1O[C@H](c2ccccc2)[C@@H](C)N1C(=O)OC(F)(F)F. The first kappa shape index (κ1) is 27.3. The monoisotopic (exact) mass is 565 g/mol. The van der Waals surface area contributed by atoms with Gasteiger partial charge in [0.05, 0.1) is 0 Å². The Balaban J connectivity index is 2.51. The van der Waals surface area contributed by atoms with Crippen molar-refractivity contribution in [3.05, 3.63) is 35.9 Å². The van der Waals surface area contributed by atoms with E-state index in [0.717, 1.165) is 57.4 Å². The number of carbonyl (C=O) groups is 1. The third-order valence-electron chi connectivity index (χ3n) is 6.56. The summed E-state index contributed by atoms with van der Waals surface area (Å²) in [6, 6.07) is 8.97. The fourth-order valence-corrected chi connectivity index (χ4v) is 22.1. The number of carbonyl (C=O) groups excluding carboxylic acids is 1. The van der Waals surface area contributed by atoms with Crippen molar-refractivity contribution >= 4 is 24.5 Å². The molecule has 3 atom stereocenters. The van der Waals surface area contributed by atoms with Crippen LogP contribution in [0.3, 0.4) is 0 Å². The van der Waals surface area contributed by atoms with Gasteiger partial charge in [0.15, 0.2) is 0 Å². The summed E-state index contributed by atoms with van der Waals surface area (Å²) in [5.41, 5.74) is 0.883. The normalized spacial score (nSPS) is 21.7. The molecular formula is C24H38F3NO3Sn. The molecule has 2 rings (SSSR count). The molecule has 1 aromatic carbocycles. The molecule has 0 bridgehead atoms. The van der Waals surface area contributed by atoms with Crippen molar-refractivity contribution in [3.63, 3.8) is 0 Å². The van der Waals surface area contributed by atoms with Gasteiger partial charge in [0.25, 0.3) is 0 Å². The van der Waals surface area contributed by atoms with Crippen molar-refractivity contribution in [2.75, 3.05) is 0 Å². The van der Waals surface area contributed by atoms with E-state index < -0.39 is 47.2 Å². The van der Waals surface area contributed by atoms with Crippen molar-refractivity contribution in [3.8, 4) is 0 Å². The van der Waals surface area contributed by atoms with Crippen LogP contribution in [-0.4, -0.2) is 46.0 Å². The van der Waals surface area contributed by atoms with E-state index in [4.69, 9.17) is 4.74 Å². The predicted molar refractivity (Wildman–Crippen MR) is 123 cm³/mol. The molecule has 1 heterocycles. The van der Waals surface area contributed by atoms with Crippen LogP contribution in [0.25, 0.3) is 0 Å². The van der Waals surface area contributed by atoms with Gasteiger partial charge in [-0.15, -0.1) is 0 Å². The maximum atomic E-state index is 13.0. The number of hydrogen-bond donors (Lipinski definition) is 0. The van der Waals surface area contributed by atoms with Gasteiger partial charge in [-0.3, -0.25) is 0 Å². The number of halogens is 3. The summed E-state index contributed by atoms with van der Waals surface area (Å²) < 4.78 is 52.2. The van der Waals surface area contributed by atoms with Crippen LogP contribution in [0.4, 0.5) is 18.0 Å². The van der Waals surface area contributed by atoms with Crippen LogP contribution in [0.1, 0.15) is 77.9 Å². The van der Waals surface area contributed by atoms with Crippen molar-refractivity contribution < 1.29 is 27.4 Å². The number of benzene rings is 1. The molecule has 1 amide bonds. The molecule has 0 aromatic heterocycles. The molecule has 1 saturated heterocycles. The van der Waals surface area contributed by atoms with E-state index in [2.05, 4.69) is 25.5 Å². The van der Waals surface area contributed by atoms with E-state index in [1.807, 2.05) is 30.3 Å². The molecule has 1 aromatic rings. The van der Waals surface area contributed by atoms with Crippen molar-refractivity contribution in [2.24, 2.45) is 0 Å². The number of rotatable bonds is 11. The number of ether oxygens (including phenoxy) is 2. The molecule has 0 unspecified atom stereocenters. The van der Waals surface area contributed by atoms with Gasteiger partial charge in [-0.2, -0.15) is 0 Å². The molecule has 4 nitrogen and oxygen atoms in total. The number of hydrogen-bond acceptors (Lipinski definition) is 3. The van der Waals surface area contributed by atoms with Crippen LogP contribution in [0, 0.1) is 0 Å². The van der Waals surface area contributed by atoms with Gasteiger partial charge >= 0.3 is 195 Å². The fraction of sp³-hybridized carbons (Fsp3) is 0.708. The molecule has 182 valence electrons. The van der Waals surface area contributed by atoms with E-state index in [-0.39, 0.29) is 0 Å². The second kappa shape index (κ2) is 12.5. The van der Waals surface area contributed by atoms with E-state index in [1.54, 1.807) is 6.92 Å². The second-order valence-corrected chi connectivity index (χ2v) is 22.4. The Hall–Kier alpha value is -0.961. The molecule has 0 radical (unpaired) electrons. The molecule has 1 fully saturated rings. The Morgan fingerprint density at radius 3 is 1.94 bits per heavy atom. The first-order valence-corrected chi connectivity index (χ1v) is 19.7. The number of unbranched alkanes of at least 4 members (excludes halogenated alkanes) is 3. The van der Waals surface area contributed by atoms with Gasteiger partial charge in [0, 0.05) is 0 Å². The zero-order valence-corrected chi connectivity index (χ0v) is 22.6. The van der Waals surface area contributed by atoms with E-state index in [9.17, 15) is 18.0 Å². The van der Waals surface area contributed by atoms with E-state index in [1.165, 1.54) is 4.90 Å². The van der Waals surface area contributed by atoms with Crippen LogP contribution < -0.4 is 0 Å². The summed E-state index contributed by atoms with van der Waals surface area (Å²) in [5, 5.41) is 0. The maximum absolute atomic E-state index is 13.0. The standard InChI is InChI=1S/C12H11F3NO3.3C4H9.Sn/c1-8-10(9-5-3-2-4-6-9)18-7-16(8)11(17)19-12(13,14)15;3*1-3-4-2;/h2-8,10H,1H3;3*1,3-4H2,2H3;/t8-,10+;;;;/m1..../s1. The molecule has 0 N–H and O–H groups in total. The first-order valence-electron chi connectivity index (χ1n) is 12.0. The van der Waals surface area contributed by atoms with Gasteiger partial charge in [0.1, 0.15) is 0 Å². The predicted octanol–water partition coefficient (Wildman–Crippen LogP) is 7.82. The van der Waals surface area contributed by atoms with Crippen LogP contribution in [0.15, 0.2) is 30.3 Å². The summed E-state index contributed by atoms with van der Waals surface area (Å²) in [6.07, 6.45) is -0.652. The summed E-state index contributed by atoms with van der Waals surface area (Å²) >= 11 is -3.28. The molecule has 0 saturated carbocycles. The Kier molecular flexibility index (Phi) is 10.6. The Morgan fingerprint density at radius 2 is 1.50 bits per heavy atom. The van der Waals surface area contributed by atoms with Gasteiger partial charge < -0.3 is 0 Å². The van der Waals surface area contributed by atoms with Gasteiger partial charge in [-0.05, 0) is 0 Å². The Labute approximate surface area is 194 Å². The van der Waals surface area contributed by atoms with Crippen molar-refractivity contribution in [1.82, 2.24) is 4.90 Å². The van der Waals surface area contributed by atoms with E-state index in [0.29, 0.717) is 0 Å². The quantitative estimate of drug-likeness (QED) is 0.258. The number of nitrogens with zero attached hydrogens (tertiary/aromatic N) is 1. The van der Waals surface area contributed by atoms with Crippen molar-refractivity contribution in [2.45, 2.75) is 102 Å². The second-order valence-electron chi connectivity index (χ2n) is 8.95. The van der Waals surface area contributed by atoms with E-state index >= 15 is 0 Å². The van der Waals surface area contributed by atoms with Crippen LogP contribution >= 0.6 is 0 Å². The molecule has 0 aliphatic carbocycles. The minimum absolute atomic E-state index is 0.456. The minimum atomic E-state index is -5.01. The molecule has 1 aliphatic rings. The average molecular weight is 564 g/mol. The van der Waals surface area contributed by atoms with Gasteiger partial charge in [-0.1, -0.05) is 0 Å². The summed E-state index contributed by atoms with van der Waals surface area (Å²) in [4.78, 5) is 14.2. The van der Waals surface area contributed by atoms with Gasteiger partial charge in [-0.25, -0.2) is 0 Å². The molecule has 0 spiro atoms. The Bertz CT molecular complexity index is 680. The number of alkyl halides is 3. The zero-order valence-electron chi connectivity index (χ0n) is 19.8. The summed E-state index contributed by atoms with van der Waals surface area (Å²) in [6.45, 7) is 8.19. The molecule has 1 aliphatic heterocycles. The molecule has 8 heteroatoms. The van der Waals surface area contributed by atoms with Gasteiger partial charge in [0.2, 0.25) is 0 Å². The van der Waals surface area contributed by atoms with Crippen LogP contribution in [0.2, 0.25) is 13.3 Å². The fourth-order valence-electron chi connectivity index (χ4n) is 4.86. The zero-order chi connectivity index (χ0) is 23.8. The summed E-state index contributed by atoms with van der Waals surface area (Å²) in [7, 11) is 0. The summed E-state index contributed by atoms with van der Waals surface area (Å²) in [5.74, 6) is 0. The first-order chi connectivity index (χ1) is 15.2.